The smallest absolute Gasteiger partial charge is 0.269 e. The molecule has 61 heavy (non-hydrogen) atoms. The maximum absolute atomic E-state index is 9.25. The molecular weight excluding hydrogens is 745 g/mol. The molecule has 11 aromatic rings. The number of fused-ring (bicyclic) bond motifs is 4. The van der Waals surface area contributed by atoms with E-state index in [4.69, 9.17) is 23.9 Å². The van der Waals surface area contributed by atoms with Crippen molar-refractivity contribution >= 4 is 32.8 Å². The van der Waals surface area contributed by atoms with Crippen LogP contribution in [-0.2, 0) is 0 Å². The summed E-state index contributed by atoms with van der Waals surface area (Å²) in [4.78, 5) is 4.52. The lowest BCUT2D eigenvalue weighted by atomic mass is 9.95. The number of ether oxygens (including phenoxy) is 1. The first-order valence-corrected chi connectivity index (χ1v) is 19.4. The predicted molar refractivity (Wildman–Crippen MR) is 248 cm³/mol. The summed E-state index contributed by atoms with van der Waals surface area (Å²) < 4.78 is 142. The first-order chi connectivity index (χ1) is 36.3. The van der Waals surface area contributed by atoms with Gasteiger partial charge in [-0.25, -0.2) is 4.98 Å². The van der Waals surface area contributed by atoms with Gasteiger partial charge >= 0.3 is 0 Å². The summed E-state index contributed by atoms with van der Waals surface area (Å²) in [6.45, 7) is -1.22. The van der Waals surface area contributed by atoms with Crippen molar-refractivity contribution in [2.75, 3.05) is 0 Å². The Morgan fingerprint density at radius 3 is 2.08 bits per heavy atom. The highest BCUT2D eigenvalue weighted by Gasteiger charge is 2.20. The minimum Gasteiger partial charge on any atom is -0.458 e. The van der Waals surface area contributed by atoms with Crippen LogP contribution >= 0.6 is 0 Å². The van der Waals surface area contributed by atoms with Gasteiger partial charge in [0, 0.05) is 27.1 Å². The Hall–Kier alpha value is -8.02. The highest BCUT2D eigenvalue weighted by molar-refractivity contribution is 6.10. The first-order valence-electron chi connectivity index (χ1n) is 26.9. The lowest BCUT2D eigenvalue weighted by Crippen LogP contribution is -2.31. The summed E-state index contributed by atoms with van der Waals surface area (Å²) in [7, 11) is 0. The number of para-hydroxylation sites is 3. The third-order valence-corrected chi connectivity index (χ3v) is 10.7. The zero-order valence-electron chi connectivity index (χ0n) is 47.4. The SMILES string of the molecule is [2H]c1nc(-n2c3ccc(-c4ccccc4)cc3c3ccc(Oc4cccc(-n5[c-][n+](-c6c(-c7c([2H])c([2H])c([2H])c([2H])c7[2H])cccc6-c6c([2H])c([2H])c([2H])c([2H])c6[2H])c6ccccc65)c4)cc32)c([2H])c(C([2H])([2H])[2H])c1C. The summed E-state index contributed by atoms with van der Waals surface area (Å²) in [6, 6.07) is 34.1. The molecule has 11 rings (SSSR count). The molecule has 5 nitrogen and oxygen atoms in total. The summed E-state index contributed by atoms with van der Waals surface area (Å²) in [6.07, 6.45) is 3.12. The molecule has 0 amide bonds. The maximum atomic E-state index is 9.25. The fourth-order valence-electron chi connectivity index (χ4n) is 7.83. The molecule has 0 saturated heterocycles. The molecular formula is C56H40N4O. The van der Waals surface area contributed by atoms with Crippen LogP contribution in [0.3, 0.4) is 0 Å². The van der Waals surface area contributed by atoms with E-state index < -0.39 is 67.3 Å². The van der Waals surface area contributed by atoms with E-state index in [1.165, 1.54) is 6.92 Å². The largest absolute Gasteiger partial charge is 0.458 e. The van der Waals surface area contributed by atoms with E-state index in [1.54, 1.807) is 74.4 Å². The van der Waals surface area contributed by atoms with Gasteiger partial charge in [0.2, 0.25) is 0 Å². The standard InChI is InChI=1S/C56H40N4O/c1-38-32-55(57-36-39(38)2)60-51-31-28-43(40-16-6-3-7-17-40)33-50(51)49-30-29-46(35-54(49)60)61-45-23-14-22-44(34-45)58-37-59(53-27-13-12-26-52(53)58)56-47(41-18-8-4-9-19-41)24-15-25-48(56)42-20-10-5-11-21-42/h3-36H,1-2H3/i1D3,4D,5D,8D,9D,10D,11D,18D,19D,20D,21D,32D,36D. The minimum absolute atomic E-state index is 0.0282. The summed E-state index contributed by atoms with van der Waals surface area (Å²) in [5.74, 6) is 0.709. The third kappa shape index (κ3) is 6.44. The Balaban J connectivity index is 1.09. The zero-order valence-corrected chi connectivity index (χ0v) is 32.4. The molecule has 0 aliphatic heterocycles. The number of rotatable bonds is 8. The summed E-state index contributed by atoms with van der Waals surface area (Å²) in [5.41, 5.74) is 4.49. The van der Waals surface area contributed by atoms with Crippen molar-refractivity contribution in [1.82, 2.24) is 14.1 Å². The Labute approximate surface area is 375 Å². The molecule has 3 heterocycles. The van der Waals surface area contributed by atoms with Crippen LogP contribution in [0.4, 0.5) is 0 Å². The van der Waals surface area contributed by atoms with Crippen molar-refractivity contribution in [2.45, 2.75) is 13.8 Å². The molecule has 0 saturated carbocycles. The number of benzene rings is 8. The topological polar surface area (TPSA) is 35.9 Å². The van der Waals surface area contributed by atoms with Crippen LogP contribution in [-0.4, -0.2) is 14.1 Å². The maximum Gasteiger partial charge on any atom is 0.269 e. The molecule has 3 aromatic heterocycles. The van der Waals surface area contributed by atoms with Gasteiger partial charge in [-0.1, -0.05) is 145 Å². The van der Waals surface area contributed by atoms with Crippen LogP contribution in [0, 0.1) is 20.1 Å². The molecule has 0 atom stereocenters. The highest BCUT2D eigenvalue weighted by Crippen LogP contribution is 2.38. The van der Waals surface area contributed by atoms with Crippen LogP contribution in [0.15, 0.2) is 206 Å². The van der Waals surface area contributed by atoms with E-state index >= 15 is 0 Å². The van der Waals surface area contributed by atoms with Crippen molar-refractivity contribution in [3.05, 3.63) is 224 Å². The summed E-state index contributed by atoms with van der Waals surface area (Å²) >= 11 is 0. The fraction of sp³-hybridized carbons (Fsp3) is 0.0357. The molecule has 290 valence electrons. The fourth-order valence-corrected chi connectivity index (χ4v) is 7.83. The molecule has 8 aromatic carbocycles. The van der Waals surface area contributed by atoms with Crippen LogP contribution in [0.2, 0.25) is 0 Å². The molecule has 0 aliphatic rings. The number of nitrogens with zero attached hydrogens (tertiary/aromatic N) is 4. The Morgan fingerprint density at radius 2 is 1.31 bits per heavy atom. The van der Waals surface area contributed by atoms with Crippen LogP contribution in [0.5, 0.6) is 11.5 Å². The predicted octanol–water partition coefficient (Wildman–Crippen LogP) is 13.6. The number of pyridine rings is 1. The van der Waals surface area contributed by atoms with Crippen LogP contribution in [0.1, 0.15) is 31.7 Å². The van der Waals surface area contributed by atoms with Gasteiger partial charge in [-0.05, 0) is 107 Å². The highest BCUT2D eigenvalue weighted by atomic mass is 16.5. The molecule has 0 bridgehead atoms. The lowest BCUT2D eigenvalue weighted by Gasteiger charge is -2.17. The van der Waals surface area contributed by atoms with E-state index in [1.807, 2.05) is 72.8 Å². The van der Waals surface area contributed by atoms with E-state index in [2.05, 4.69) is 11.3 Å². The molecule has 0 spiro atoms. The Morgan fingerprint density at radius 1 is 0.590 bits per heavy atom. The van der Waals surface area contributed by atoms with Gasteiger partial charge in [0.1, 0.15) is 17.3 Å². The minimum atomic E-state index is -2.70. The Bertz CT molecular complexity index is 4100. The van der Waals surface area contributed by atoms with Crippen LogP contribution < -0.4 is 9.30 Å². The van der Waals surface area contributed by atoms with Crippen molar-refractivity contribution in [3.63, 3.8) is 0 Å². The van der Waals surface area contributed by atoms with Gasteiger partial charge in [-0.3, -0.25) is 13.7 Å². The first kappa shape index (κ1) is 23.5. The quantitative estimate of drug-likeness (QED) is 0.113. The van der Waals surface area contributed by atoms with E-state index in [-0.39, 0.29) is 57.1 Å². The second kappa shape index (κ2) is 15.0. The molecule has 0 aliphatic carbocycles. The molecule has 0 N–H and O–H groups in total. The van der Waals surface area contributed by atoms with E-state index in [9.17, 15) is 1.37 Å². The van der Waals surface area contributed by atoms with Crippen LogP contribution in [0.25, 0.3) is 83.4 Å². The molecule has 0 fully saturated rings. The second-order valence-corrected chi connectivity index (χ2v) is 14.3. The van der Waals surface area contributed by atoms with Gasteiger partial charge in [0.25, 0.3) is 6.33 Å². The van der Waals surface area contributed by atoms with E-state index in [0.717, 1.165) is 21.9 Å². The number of imidazole rings is 1. The van der Waals surface area contributed by atoms with Gasteiger partial charge in [-0.2, -0.15) is 0 Å². The summed E-state index contributed by atoms with van der Waals surface area (Å²) in [5, 5.41) is 1.54. The molecule has 0 unspecified atom stereocenters. The van der Waals surface area contributed by atoms with E-state index in [0.29, 0.717) is 39.3 Å². The monoisotopic (exact) mass is 799 g/mol. The van der Waals surface area contributed by atoms with Crippen molar-refractivity contribution in [1.29, 1.82) is 0 Å². The zero-order chi connectivity index (χ0) is 53.8. The number of hydrogen-bond acceptors (Lipinski definition) is 2. The van der Waals surface area contributed by atoms with Gasteiger partial charge < -0.3 is 4.74 Å². The van der Waals surface area contributed by atoms with Crippen molar-refractivity contribution in [3.8, 4) is 62.1 Å². The lowest BCUT2D eigenvalue weighted by molar-refractivity contribution is -0.571. The van der Waals surface area contributed by atoms with Gasteiger partial charge in [0.05, 0.1) is 49.9 Å². The third-order valence-electron chi connectivity index (χ3n) is 10.7. The Kier molecular flexibility index (Phi) is 5.78. The average molecular weight is 800 g/mol. The molecule has 5 heteroatoms. The number of hydrogen-bond donors (Lipinski definition) is 0. The normalized spacial score (nSPS) is 15.1. The number of aromatic nitrogens is 4. The van der Waals surface area contributed by atoms with Crippen molar-refractivity contribution in [2.24, 2.45) is 0 Å². The molecule has 0 radical (unpaired) electrons. The van der Waals surface area contributed by atoms with Crippen molar-refractivity contribution < 1.29 is 29.9 Å². The van der Waals surface area contributed by atoms with Gasteiger partial charge in [0.15, 0.2) is 0 Å². The second-order valence-electron chi connectivity index (χ2n) is 14.3. The average Bonchev–Trinajstić information content (AvgIpc) is 3.97. The van der Waals surface area contributed by atoms with Gasteiger partial charge in [-0.15, -0.1) is 0 Å².